The maximum atomic E-state index is 5.39. The zero-order valence-corrected chi connectivity index (χ0v) is 33.5. The average molecular weight is 794 g/mol. The molecule has 2 atom stereocenters. The van der Waals surface area contributed by atoms with Crippen molar-refractivity contribution in [2.45, 2.75) is 103 Å². The SMILES string of the molecule is CCCC[N-]C1CCCCCC1[N-]c1c(C(C)C)cccc1C(C)C.[CH2-]c1ccccc1.[CH2-]c1ccccc1.[CH2-]c1ccccc1.[Hf]. The Morgan fingerprint density at radius 1 is 0.574 bits per heavy atom. The van der Waals surface area contributed by atoms with Crippen molar-refractivity contribution in [3.63, 3.8) is 0 Å². The average Bonchev–Trinajstić information content (AvgIpc) is 3.28. The second-order valence-electron chi connectivity index (χ2n) is 12.7. The molecule has 0 N–H and O–H groups in total. The molecule has 0 aromatic heterocycles. The summed E-state index contributed by atoms with van der Waals surface area (Å²) in [6, 6.07) is 37.2. The fraction of sp³-hybridized carbons (Fsp3) is 0.386. The van der Waals surface area contributed by atoms with Gasteiger partial charge in [-0.15, -0.1) is 54.7 Å². The monoisotopic (exact) mass is 795 g/mol. The molecule has 1 aliphatic carbocycles. The number of hydrogen-bond donors (Lipinski definition) is 0. The van der Waals surface area contributed by atoms with Crippen molar-refractivity contribution in [1.29, 1.82) is 0 Å². The van der Waals surface area contributed by atoms with Crippen LogP contribution in [0.4, 0.5) is 5.69 Å². The van der Waals surface area contributed by atoms with Crippen molar-refractivity contribution in [2.24, 2.45) is 0 Å². The number of rotatable bonds is 8. The number of unbranched alkanes of at least 4 members (excludes halogenated alkanes) is 1. The molecule has 2 nitrogen and oxygen atoms in total. The van der Waals surface area contributed by atoms with Crippen LogP contribution in [0.5, 0.6) is 0 Å². The molecule has 5 rings (SSSR count). The van der Waals surface area contributed by atoms with Gasteiger partial charge in [0.05, 0.1) is 0 Å². The zero-order chi connectivity index (χ0) is 33.6. The molecule has 1 saturated carbocycles. The van der Waals surface area contributed by atoms with E-state index in [1.54, 1.807) is 0 Å². The first-order chi connectivity index (χ1) is 22.2. The van der Waals surface area contributed by atoms with Gasteiger partial charge in [0, 0.05) is 25.8 Å². The van der Waals surface area contributed by atoms with Gasteiger partial charge in [0.2, 0.25) is 0 Å². The Hall–Kier alpha value is -2.88. The topological polar surface area (TPSA) is 28.2 Å². The fourth-order valence-corrected chi connectivity index (χ4v) is 5.31. The largest absolute Gasteiger partial charge is 0.682 e. The molecular weight excluding hydrogens is 735 g/mol. The van der Waals surface area contributed by atoms with Gasteiger partial charge in [-0.3, -0.25) is 0 Å². The first-order valence-electron chi connectivity index (χ1n) is 17.3. The molecule has 0 amide bonds. The van der Waals surface area contributed by atoms with Gasteiger partial charge in [-0.1, -0.05) is 127 Å². The minimum atomic E-state index is 0. The summed E-state index contributed by atoms with van der Waals surface area (Å²) in [6.45, 7) is 23.6. The molecule has 0 saturated heterocycles. The molecule has 0 radical (unpaired) electrons. The summed E-state index contributed by atoms with van der Waals surface area (Å²) < 4.78 is 0. The molecule has 1 aliphatic rings. The molecule has 4 aromatic rings. The Kier molecular flexibility index (Phi) is 22.6. The molecule has 254 valence electrons. The summed E-state index contributed by atoms with van der Waals surface area (Å²) in [4.78, 5) is 0. The maximum absolute atomic E-state index is 5.39. The molecule has 0 bridgehead atoms. The molecule has 2 unspecified atom stereocenters. The van der Waals surface area contributed by atoms with Gasteiger partial charge in [0.15, 0.2) is 0 Å². The molecule has 0 aliphatic heterocycles. The number of benzene rings is 4. The molecule has 0 heterocycles. The van der Waals surface area contributed by atoms with E-state index in [4.69, 9.17) is 10.6 Å². The van der Waals surface area contributed by atoms with Crippen molar-refractivity contribution in [1.82, 2.24) is 0 Å². The van der Waals surface area contributed by atoms with Crippen LogP contribution >= 0.6 is 0 Å². The van der Waals surface area contributed by atoms with Gasteiger partial charge in [0.1, 0.15) is 0 Å². The minimum absolute atomic E-state index is 0. The van der Waals surface area contributed by atoms with Crippen LogP contribution < -0.4 is 0 Å². The Bertz CT molecular complexity index is 1170. The van der Waals surface area contributed by atoms with Crippen LogP contribution in [0.25, 0.3) is 10.6 Å². The van der Waals surface area contributed by atoms with E-state index in [2.05, 4.69) is 73.6 Å². The third-order valence-corrected chi connectivity index (χ3v) is 7.99. The van der Waals surface area contributed by atoms with Gasteiger partial charge in [0.25, 0.3) is 0 Å². The minimum Gasteiger partial charge on any atom is -0.682 e. The Morgan fingerprint density at radius 3 is 1.32 bits per heavy atom. The third kappa shape index (κ3) is 17.7. The summed E-state index contributed by atoms with van der Waals surface area (Å²) in [5.74, 6) is 1.03. The van der Waals surface area contributed by atoms with Gasteiger partial charge < -0.3 is 10.6 Å². The predicted octanol–water partition coefficient (Wildman–Crippen LogP) is 13.4. The van der Waals surface area contributed by atoms with Crippen LogP contribution in [-0.4, -0.2) is 18.6 Å². The van der Waals surface area contributed by atoms with Gasteiger partial charge in [-0.2, -0.15) is 79.9 Å². The molecule has 1 fully saturated rings. The van der Waals surface area contributed by atoms with E-state index in [1.807, 2.05) is 91.0 Å². The van der Waals surface area contributed by atoms with Crippen molar-refractivity contribution in [2.75, 3.05) is 6.54 Å². The Balaban J connectivity index is 0.000000401. The second kappa shape index (κ2) is 25.2. The van der Waals surface area contributed by atoms with Crippen molar-refractivity contribution in [3.05, 3.63) is 168 Å². The Labute approximate surface area is 308 Å². The first-order valence-corrected chi connectivity index (χ1v) is 17.3. The van der Waals surface area contributed by atoms with Crippen LogP contribution in [0.1, 0.15) is 119 Å². The summed E-state index contributed by atoms with van der Waals surface area (Å²) in [7, 11) is 0. The van der Waals surface area contributed by atoms with Gasteiger partial charge in [-0.25, -0.2) is 0 Å². The number of nitrogens with zero attached hydrogens (tertiary/aromatic N) is 2. The van der Waals surface area contributed by atoms with E-state index in [1.165, 1.54) is 61.8 Å². The van der Waals surface area contributed by atoms with Crippen molar-refractivity contribution < 1.29 is 25.8 Å². The summed E-state index contributed by atoms with van der Waals surface area (Å²) >= 11 is 0. The zero-order valence-electron chi connectivity index (χ0n) is 29.9. The van der Waals surface area contributed by atoms with E-state index in [0.29, 0.717) is 23.9 Å². The van der Waals surface area contributed by atoms with E-state index < -0.39 is 0 Å². The van der Waals surface area contributed by atoms with Crippen LogP contribution in [0.3, 0.4) is 0 Å². The maximum Gasteiger partial charge on any atom is 0 e. The normalized spacial score (nSPS) is 15.3. The van der Waals surface area contributed by atoms with Crippen LogP contribution in [0.2, 0.25) is 0 Å². The number of hydrogen-bond acceptors (Lipinski definition) is 0. The summed E-state index contributed by atoms with van der Waals surface area (Å²) in [5.41, 5.74) is 7.30. The van der Waals surface area contributed by atoms with E-state index in [0.717, 1.165) is 23.2 Å². The van der Waals surface area contributed by atoms with E-state index in [-0.39, 0.29) is 25.8 Å². The molecule has 0 spiro atoms. The van der Waals surface area contributed by atoms with E-state index in [9.17, 15) is 0 Å². The van der Waals surface area contributed by atoms with Gasteiger partial charge in [-0.05, 0) is 11.8 Å². The first kappa shape index (κ1) is 42.1. The molecule has 4 aromatic carbocycles. The fourth-order valence-electron chi connectivity index (χ4n) is 5.31. The smallest absolute Gasteiger partial charge is 0 e. The molecular formula is C44H59HfN2-5. The van der Waals surface area contributed by atoms with Crippen LogP contribution in [0.15, 0.2) is 109 Å². The summed E-state index contributed by atoms with van der Waals surface area (Å²) in [5, 5.41) is 10.5. The quantitative estimate of drug-likeness (QED) is 0.0736. The predicted molar refractivity (Wildman–Crippen MR) is 204 cm³/mol. The van der Waals surface area contributed by atoms with E-state index >= 15 is 0 Å². The second-order valence-corrected chi connectivity index (χ2v) is 12.7. The van der Waals surface area contributed by atoms with Gasteiger partial charge >= 0.3 is 0 Å². The number of para-hydroxylation sites is 1. The van der Waals surface area contributed by atoms with Crippen LogP contribution in [-0.2, 0) is 25.8 Å². The Morgan fingerprint density at radius 2 is 0.979 bits per heavy atom. The van der Waals surface area contributed by atoms with Crippen molar-refractivity contribution >= 4 is 5.69 Å². The third-order valence-electron chi connectivity index (χ3n) is 7.99. The van der Waals surface area contributed by atoms with Crippen molar-refractivity contribution in [3.8, 4) is 0 Å². The standard InChI is InChI=1S/C23H38N2.3C7H7.Hf/c1-6-7-16-24-21-14-9-8-10-15-22(21)25-23-19(17(2)3)12-11-13-20(23)18(4)5;3*1-7-5-3-2-4-6-7;/h11-13,17-18,21-22H,6-10,14-16H2,1-5H3;3*2-6H,1H2;/q-2;3*-1;. The molecule has 3 heteroatoms. The molecule has 47 heavy (non-hydrogen) atoms. The summed E-state index contributed by atoms with van der Waals surface area (Å²) in [6.07, 6.45) is 8.82. The van der Waals surface area contributed by atoms with Crippen LogP contribution in [0, 0.1) is 20.8 Å².